The van der Waals surface area contributed by atoms with Crippen LogP contribution >= 0.6 is 43.5 Å². The zero-order valence-electron chi connectivity index (χ0n) is 10.6. The Bertz CT molecular complexity index is 442. The van der Waals surface area contributed by atoms with Gasteiger partial charge in [0.25, 0.3) is 0 Å². The molecule has 2 rings (SSSR count). The van der Waals surface area contributed by atoms with Crippen LogP contribution in [0, 0.1) is 5.41 Å². The van der Waals surface area contributed by atoms with E-state index in [0.29, 0.717) is 0 Å². The predicted molar refractivity (Wildman–Crippen MR) is 83.9 cm³/mol. The Kier molecular flexibility index (Phi) is 4.66. The van der Waals surface area contributed by atoms with Crippen molar-refractivity contribution in [2.75, 3.05) is 7.11 Å². The molecule has 1 aromatic rings. The smallest absolute Gasteiger partial charge is 0.137 e. The molecule has 0 radical (unpaired) electrons. The minimum Gasteiger partial charge on any atom is -0.495 e. The Balaban J connectivity index is 2.43. The zero-order valence-corrected chi connectivity index (χ0v) is 14.5. The van der Waals surface area contributed by atoms with Crippen molar-refractivity contribution in [3.63, 3.8) is 0 Å². The Morgan fingerprint density at radius 1 is 1.33 bits per heavy atom. The number of ether oxygens (including phenoxy) is 1. The van der Waals surface area contributed by atoms with Gasteiger partial charge in [0.05, 0.1) is 11.6 Å². The van der Waals surface area contributed by atoms with Crippen LogP contribution in [0.2, 0.25) is 5.02 Å². The molecule has 100 valence electrons. The Morgan fingerprint density at radius 3 is 2.50 bits per heavy atom. The Hall–Kier alpha value is 0.270. The minimum atomic E-state index is 0.275. The second-order valence-corrected chi connectivity index (χ2v) is 7.44. The SMILES string of the molecule is COc1c(Br)cc(Cl)cc1C(Br)C1(C)CCCC1. The molecule has 18 heavy (non-hydrogen) atoms. The highest BCUT2D eigenvalue weighted by molar-refractivity contribution is 9.10. The van der Waals surface area contributed by atoms with E-state index in [0.717, 1.165) is 20.8 Å². The third-order valence-corrected chi connectivity index (χ3v) is 6.28. The lowest BCUT2D eigenvalue weighted by Gasteiger charge is -2.31. The molecule has 0 bridgehead atoms. The standard InChI is InChI=1S/C14H17Br2ClO/c1-14(5-3-4-6-14)13(16)10-7-9(17)8-11(15)12(10)18-2/h7-8,13H,3-6H2,1-2H3. The van der Waals surface area contributed by atoms with E-state index in [4.69, 9.17) is 16.3 Å². The quantitative estimate of drug-likeness (QED) is 0.559. The zero-order chi connectivity index (χ0) is 13.3. The molecular weight excluding hydrogens is 379 g/mol. The first-order valence-electron chi connectivity index (χ1n) is 6.15. The monoisotopic (exact) mass is 394 g/mol. The van der Waals surface area contributed by atoms with Crippen molar-refractivity contribution >= 4 is 43.5 Å². The summed E-state index contributed by atoms with van der Waals surface area (Å²) in [6, 6.07) is 3.88. The first kappa shape index (κ1) is 14.7. The summed E-state index contributed by atoms with van der Waals surface area (Å²) in [5, 5.41) is 0.740. The van der Waals surface area contributed by atoms with Crippen LogP contribution in [0.3, 0.4) is 0 Å². The van der Waals surface area contributed by atoms with Crippen LogP contribution in [0.25, 0.3) is 0 Å². The minimum absolute atomic E-state index is 0.275. The van der Waals surface area contributed by atoms with E-state index in [9.17, 15) is 0 Å². The molecule has 0 aliphatic heterocycles. The number of halogens is 3. The third-order valence-electron chi connectivity index (χ3n) is 3.87. The first-order valence-corrected chi connectivity index (χ1v) is 8.23. The van der Waals surface area contributed by atoms with Gasteiger partial charge in [0, 0.05) is 15.4 Å². The molecule has 1 fully saturated rings. The maximum atomic E-state index is 6.17. The van der Waals surface area contributed by atoms with Crippen molar-refractivity contribution in [3.8, 4) is 5.75 Å². The van der Waals surface area contributed by atoms with Gasteiger partial charge in [-0.15, -0.1) is 0 Å². The van der Waals surface area contributed by atoms with E-state index >= 15 is 0 Å². The van der Waals surface area contributed by atoms with Gasteiger partial charge < -0.3 is 4.74 Å². The van der Waals surface area contributed by atoms with Crippen molar-refractivity contribution in [2.45, 2.75) is 37.4 Å². The fourth-order valence-corrected chi connectivity index (χ4v) is 4.59. The highest BCUT2D eigenvalue weighted by Crippen LogP contribution is 2.54. The van der Waals surface area contributed by atoms with E-state index in [1.165, 1.54) is 25.7 Å². The molecule has 1 aliphatic rings. The maximum Gasteiger partial charge on any atom is 0.137 e. The molecule has 1 aromatic carbocycles. The van der Waals surface area contributed by atoms with Gasteiger partial charge in [-0.25, -0.2) is 0 Å². The van der Waals surface area contributed by atoms with E-state index in [1.807, 2.05) is 12.1 Å². The van der Waals surface area contributed by atoms with Crippen LogP contribution < -0.4 is 4.74 Å². The predicted octanol–water partition coefficient (Wildman–Crippen LogP) is 6.13. The van der Waals surface area contributed by atoms with Crippen molar-refractivity contribution < 1.29 is 4.74 Å². The van der Waals surface area contributed by atoms with Crippen molar-refractivity contribution in [1.82, 2.24) is 0 Å². The second kappa shape index (κ2) is 5.72. The van der Waals surface area contributed by atoms with Gasteiger partial charge in [-0.2, -0.15) is 0 Å². The summed E-state index contributed by atoms with van der Waals surface area (Å²) in [6.45, 7) is 2.34. The fraction of sp³-hybridized carbons (Fsp3) is 0.571. The van der Waals surface area contributed by atoms with Crippen LogP contribution in [0.1, 0.15) is 43.0 Å². The second-order valence-electron chi connectivity index (χ2n) is 5.23. The van der Waals surface area contributed by atoms with Gasteiger partial charge in [-0.3, -0.25) is 0 Å². The summed E-state index contributed by atoms with van der Waals surface area (Å²) in [4.78, 5) is 0.275. The van der Waals surface area contributed by atoms with Crippen molar-refractivity contribution in [1.29, 1.82) is 0 Å². The van der Waals surface area contributed by atoms with Gasteiger partial charge in [0.2, 0.25) is 0 Å². The average molecular weight is 397 g/mol. The summed E-state index contributed by atoms with van der Waals surface area (Å²) < 4.78 is 6.44. The van der Waals surface area contributed by atoms with Crippen LogP contribution in [-0.2, 0) is 0 Å². The molecule has 4 heteroatoms. The van der Waals surface area contributed by atoms with Crippen LogP contribution in [0.4, 0.5) is 0 Å². The lowest BCUT2D eigenvalue weighted by Crippen LogP contribution is -2.18. The van der Waals surface area contributed by atoms with Crippen LogP contribution in [0.5, 0.6) is 5.75 Å². The lowest BCUT2D eigenvalue weighted by molar-refractivity contribution is 0.321. The fourth-order valence-electron chi connectivity index (χ4n) is 2.80. The molecule has 0 heterocycles. The van der Waals surface area contributed by atoms with E-state index in [1.54, 1.807) is 7.11 Å². The summed E-state index contributed by atoms with van der Waals surface area (Å²) in [5.41, 5.74) is 1.43. The third kappa shape index (κ3) is 2.73. The molecular formula is C14H17Br2ClO. The largest absolute Gasteiger partial charge is 0.495 e. The van der Waals surface area contributed by atoms with Crippen LogP contribution in [-0.4, -0.2) is 7.11 Å². The molecule has 1 aliphatic carbocycles. The molecule has 1 atom stereocenters. The van der Waals surface area contributed by atoms with Gasteiger partial charge in [0.15, 0.2) is 0 Å². The Morgan fingerprint density at radius 2 is 1.94 bits per heavy atom. The molecule has 0 spiro atoms. The van der Waals surface area contributed by atoms with Gasteiger partial charge in [0.1, 0.15) is 5.75 Å². The number of rotatable bonds is 3. The molecule has 0 aromatic heterocycles. The molecule has 0 amide bonds. The van der Waals surface area contributed by atoms with Crippen molar-refractivity contribution in [2.24, 2.45) is 5.41 Å². The van der Waals surface area contributed by atoms with Gasteiger partial charge in [-0.1, -0.05) is 47.3 Å². The van der Waals surface area contributed by atoms with E-state index in [-0.39, 0.29) is 10.2 Å². The molecule has 1 unspecified atom stereocenters. The molecule has 1 saturated carbocycles. The summed E-state index contributed by atoms with van der Waals surface area (Å²) >= 11 is 13.6. The van der Waals surface area contributed by atoms with E-state index in [2.05, 4.69) is 38.8 Å². The highest BCUT2D eigenvalue weighted by atomic mass is 79.9. The maximum absolute atomic E-state index is 6.17. The number of hydrogen-bond donors (Lipinski definition) is 0. The number of alkyl halides is 1. The van der Waals surface area contributed by atoms with Crippen molar-refractivity contribution in [3.05, 3.63) is 27.2 Å². The van der Waals surface area contributed by atoms with Crippen LogP contribution in [0.15, 0.2) is 16.6 Å². The Labute approximate surface area is 130 Å². The topological polar surface area (TPSA) is 9.23 Å². The number of hydrogen-bond acceptors (Lipinski definition) is 1. The number of methoxy groups -OCH3 is 1. The van der Waals surface area contributed by atoms with Gasteiger partial charge >= 0.3 is 0 Å². The molecule has 0 saturated heterocycles. The lowest BCUT2D eigenvalue weighted by atomic mass is 9.82. The van der Waals surface area contributed by atoms with Gasteiger partial charge in [-0.05, 0) is 46.3 Å². The summed E-state index contributed by atoms with van der Waals surface area (Å²) in [5.74, 6) is 0.884. The molecule has 1 nitrogen and oxygen atoms in total. The first-order chi connectivity index (χ1) is 8.48. The van der Waals surface area contributed by atoms with E-state index < -0.39 is 0 Å². The summed E-state index contributed by atoms with van der Waals surface area (Å²) in [6.07, 6.45) is 5.11. The normalized spacial score (nSPS) is 19.8. The average Bonchev–Trinajstić information content (AvgIpc) is 2.75. The number of benzene rings is 1. The molecule has 0 N–H and O–H groups in total. The summed E-state index contributed by atoms with van der Waals surface area (Å²) in [7, 11) is 1.70. The highest BCUT2D eigenvalue weighted by Gasteiger charge is 2.38.